The number of halogens is 1. The summed E-state index contributed by atoms with van der Waals surface area (Å²) in [4.78, 5) is 20.1. The topological polar surface area (TPSA) is 63.1 Å². The van der Waals surface area contributed by atoms with Crippen molar-refractivity contribution in [2.24, 2.45) is 0 Å². The minimum absolute atomic E-state index is 0.293. The van der Waals surface area contributed by atoms with Gasteiger partial charge in [0.05, 0.1) is 11.2 Å². The van der Waals surface area contributed by atoms with Gasteiger partial charge in [-0.3, -0.25) is 4.98 Å². The van der Waals surface area contributed by atoms with Crippen LogP contribution in [0.1, 0.15) is 15.4 Å². The number of fused-ring (bicyclic) bond motifs is 1. The van der Waals surface area contributed by atoms with E-state index in [1.165, 1.54) is 11.3 Å². The molecule has 0 bridgehead atoms. The van der Waals surface area contributed by atoms with Gasteiger partial charge in [0, 0.05) is 20.7 Å². The van der Waals surface area contributed by atoms with Gasteiger partial charge in [0.25, 0.3) is 0 Å². The van der Waals surface area contributed by atoms with Crippen molar-refractivity contribution in [2.45, 2.75) is 6.92 Å². The number of benzene rings is 1. The SMILES string of the molecule is Cc1nc(-c2cc(I)c3ncccc3c2)sc1C(=O)O. The second kappa shape index (κ2) is 5.10. The fourth-order valence-corrected chi connectivity index (χ4v) is 3.67. The van der Waals surface area contributed by atoms with Gasteiger partial charge in [-0.1, -0.05) is 6.07 Å². The van der Waals surface area contributed by atoms with Crippen molar-refractivity contribution in [1.29, 1.82) is 0 Å². The number of hydrogen-bond donors (Lipinski definition) is 1. The van der Waals surface area contributed by atoms with Crippen molar-refractivity contribution >= 4 is 50.8 Å². The number of aromatic nitrogens is 2. The standard InChI is InChI=1S/C14H9IN2O2S/c1-7-12(14(18)19)20-13(17-7)9-5-8-3-2-4-16-11(8)10(15)6-9/h2-6H,1H3,(H,18,19). The summed E-state index contributed by atoms with van der Waals surface area (Å²) in [6.45, 7) is 1.72. The molecule has 0 aliphatic rings. The first kappa shape index (κ1) is 13.4. The Bertz CT molecular complexity index is 829. The Labute approximate surface area is 132 Å². The van der Waals surface area contributed by atoms with E-state index in [9.17, 15) is 4.79 Å². The van der Waals surface area contributed by atoms with Crippen molar-refractivity contribution in [3.8, 4) is 10.6 Å². The average molecular weight is 396 g/mol. The maximum Gasteiger partial charge on any atom is 0.347 e. The third-order valence-corrected chi connectivity index (χ3v) is 4.91. The first-order chi connectivity index (χ1) is 9.56. The lowest BCUT2D eigenvalue weighted by molar-refractivity contribution is 0.0701. The maximum atomic E-state index is 11.1. The van der Waals surface area contributed by atoms with Gasteiger partial charge in [-0.2, -0.15) is 0 Å². The summed E-state index contributed by atoms with van der Waals surface area (Å²) < 4.78 is 1.03. The molecule has 0 fully saturated rings. The molecule has 0 atom stereocenters. The van der Waals surface area contributed by atoms with Crippen molar-refractivity contribution in [3.05, 3.63) is 44.6 Å². The third-order valence-electron chi connectivity index (χ3n) is 2.90. The summed E-state index contributed by atoms with van der Waals surface area (Å²) in [7, 11) is 0. The number of aromatic carboxylic acids is 1. The molecule has 4 nitrogen and oxygen atoms in total. The molecule has 0 aliphatic heterocycles. The molecule has 0 amide bonds. The molecule has 0 radical (unpaired) electrons. The molecule has 0 saturated heterocycles. The Hall–Kier alpha value is -1.54. The van der Waals surface area contributed by atoms with Gasteiger partial charge in [0.1, 0.15) is 9.88 Å². The maximum absolute atomic E-state index is 11.1. The molecule has 0 unspecified atom stereocenters. The Balaban J connectivity index is 2.19. The summed E-state index contributed by atoms with van der Waals surface area (Å²) in [5, 5.41) is 10.9. The van der Waals surface area contributed by atoms with Crippen LogP contribution in [0.25, 0.3) is 21.5 Å². The van der Waals surface area contributed by atoms with E-state index in [1.807, 2.05) is 24.3 Å². The average Bonchev–Trinajstić information content (AvgIpc) is 2.81. The molecule has 3 aromatic rings. The van der Waals surface area contributed by atoms with Gasteiger partial charge in [-0.15, -0.1) is 11.3 Å². The highest BCUT2D eigenvalue weighted by atomic mass is 127. The zero-order chi connectivity index (χ0) is 14.3. The van der Waals surface area contributed by atoms with E-state index in [-0.39, 0.29) is 0 Å². The number of thiazole rings is 1. The second-order valence-electron chi connectivity index (χ2n) is 4.27. The molecule has 0 aliphatic carbocycles. The molecule has 0 saturated carbocycles. The van der Waals surface area contributed by atoms with E-state index in [0.29, 0.717) is 10.6 Å². The van der Waals surface area contributed by atoms with Gasteiger partial charge >= 0.3 is 5.97 Å². The van der Waals surface area contributed by atoms with E-state index >= 15 is 0 Å². The van der Waals surface area contributed by atoms with E-state index < -0.39 is 5.97 Å². The van der Waals surface area contributed by atoms with Crippen LogP contribution in [0.15, 0.2) is 30.5 Å². The van der Waals surface area contributed by atoms with Crippen molar-refractivity contribution in [1.82, 2.24) is 9.97 Å². The van der Waals surface area contributed by atoms with Crippen molar-refractivity contribution in [3.63, 3.8) is 0 Å². The highest BCUT2D eigenvalue weighted by molar-refractivity contribution is 14.1. The Morgan fingerprint density at radius 3 is 2.90 bits per heavy atom. The molecule has 20 heavy (non-hydrogen) atoms. The number of carboxylic acid groups (broad SMARTS) is 1. The fraction of sp³-hybridized carbons (Fsp3) is 0.0714. The highest BCUT2D eigenvalue weighted by Crippen LogP contribution is 2.31. The quantitative estimate of drug-likeness (QED) is 0.666. The van der Waals surface area contributed by atoms with Crippen LogP contribution in [0.5, 0.6) is 0 Å². The minimum atomic E-state index is -0.927. The van der Waals surface area contributed by atoms with Crippen molar-refractivity contribution < 1.29 is 9.90 Å². The molecule has 2 aromatic heterocycles. The molecule has 0 spiro atoms. The number of carbonyl (C=O) groups is 1. The van der Waals surface area contributed by atoms with Crippen LogP contribution in [0.3, 0.4) is 0 Å². The summed E-state index contributed by atoms with van der Waals surface area (Å²) in [5.74, 6) is -0.927. The zero-order valence-electron chi connectivity index (χ0n) is 10.4. The summed E-state index contributed by atoms with van der Waals surface area (Å²) >= 11 is 3.44. The van der Waals surface area contributed by atoms with Gasteiger partial charge < -0.3 is 5.11 Å². The summed E-state index contributed by atoms with van der Waals surface area (Å²) in [6, 6.07) is 7.86. The molecular weight excluding hydrogens is 387 g/mol. The van der Waals surface area contributed by atoms with Crippen LogP contribution in [0.2, 0.25) is 0 Å². The number of pyridine rings is 1. The van der Waals surface area contributed by atoms with Gasteiger partial charge in [0.15, 0.2) is 0 Å². The van der Waals surface area contributed by atoms with Crippen LogP contribution in [-0.4, -0.2) is 21.0 Å². The van der Waals surface area contributed by atoms with Crippen LogP contribution in [0.4, 0.5) is 0 Å². The number of aryl methyl sites for hydroxylation is 1. The number of carboxylic acids is 1. The first-order valence-corrected chi connectivity index (χ1v) is 7.71. The zero-order valence-corrected chi connectivity index (χ0v) is 13.4. The predicted molar refractivity (Wildman–Crippen MR) is 87.3 cm³/mol. The van der Waals surface area contributed by atoms with E-state index in [2.05, 4.69) is 32.6 Å². The molecule has 6 heteroatoms. The summed E-state index contributed by atoms with van der Waals surface area (Å²) in [5.41, 5.74) is 2.43. The Kier molecular flexibility index (Phi) is 3.43. The minimum Gasteiger partial charge on any atom is -0.477 e. The Morgan fingerprint density at radius 1 is 1.40 bits per heavy atom. The molecule has 2 heterocycles. The van der Waals surface area contributed by atoms with Crippen LogP contribution in [-0.2, 0) is 0 Å². The number of hydrogen-bond acceptors (Lipinski definition) is 4. The number of nitrogens with zero attached hydrogens (tertiary/aromatic N) is 2. The van der Waals surface area contributed by atoms with Crippen LogP contribution in [0, 0.1) is 10.5 Å². The normalized spacial score (nSPS) is 10.9. The van der Waals surface area contributed by atoms with Crippen molar-refractivity contribution in [2.75, 3.05) is 0 Å². The van der Waals surface area contributed by atoms with E-state index in [4.69, 9.17) is 5.11 Å². The van der Waals surface area contributed by atoms with Gasteiger partial charge in [0.2, 0.25) is 0 Å². The smallest absolute Gasteiger partial charge is 0.347 e. The lowest BCUT2D eigenvalue weighted by Crippen LogP contribution is -1.94. The highest BCUT2D eigenvalue weighted by Gasteiger charge is 2.16. The number of rotatable bonds is 2. The third kappa shape index (κ3) is 2.29. The van der Waals surface area contributed by atoms with Gasteiger partial charge in [-0.25, -0.2) is 9.78 Å². The molecule has 100 valence electrons. The van der Waals surface area contributed by atoms with Crippen LogP contribution >= 0.6 is 33.9 Å². The molecular formula is C14H9IN2O2S. The summed E-state index contributed by atoms with van der Waals surface area (Å²) in [6.07, 6.45) is 1.76. The van der Waals surface area contributed by atoms with Gasteiger partial charge in [-0.05, 0) is 47.7 Å². The van der Waals surface area contributed by atoms with E-state index in [0.717, 1.165) is 25.0 Å². The first-order valence-electron chi connectivity index (χ1n) is 5.81. The Morgan fingerprint density at radius 2 is 2.20 bits per heavy atom. The van der Waals surface area contributed by atoms with E-state index in [1.54, 1.807) is 13.1 Å². The fourth-order valence-electron chi connectivity index (χ4n) is 1.99. The van der Waals surface area contributed by atoms with Crippen LogP contribution < -0.4 is 0 Å². The largest absolute Gasteiger partial charge is 0.477 e. The lowest BCUT2D eigenvalue weighted by Gasteiger charge is -2.03. The molecule has 1 aromatic carbocycles. The predicted octanol–water partition coefficient (Wildman–Crippen LogP) is 3.97. The second-order valence-corrected chi connectivity index (χ2v) is 6.43. The molecule has 1 N–H and O–H groups in total. The monoisotopic (exact) mass is 396 g/mol. The lowest BCUT2D eigenvalue weighted by atomic mass is 10.1. The molecule has 3 rings (SSSR count).